The van der Waals surface area contributed by atoms with E-state index >= 15 is 0 Å². The topological polar surface area (TPSA) is 54.8 Å². The SMILES string of the molecule is OC1(c2ccc(Cl)cc2)CCN(CCC=C2c3cc(OC4CCCC4)ccc3OCc3ncccc32)CC1. The van der Waals surface area contributed by atoms with E-state index in [0.717, 1.165) is 91.2 Å². The minimum Gasteiger partial charge on any atom is -0.490 e. The van der Waals surface area contributed by atoms with Crippen molar-refractivity contribution in [1.29, 1.82) is 0 Å². The lowest BCUT2D eigenvalue weighted by Gasteiger charge is -2.38. The van der Waals surface area contributed by atoms with Gasteiger partial charge in [0.2, 0.25) is 0 Å². The van der Waals surface area contributed by atoms with Gasteiger partial charge in [-0.1, -0.05) is 35.9 Å². The Hall–Kier alpha value is -2.86. The summed E-state index contributed by atoms with van der Waals surface area (Å²) in [5.41, 5.74) is 4.49. The van der Waals surface area contributed by atoms with Crippen LogP contribution in [0.3, 0.4) is 0 Å². The number of hydrogen-bond acceptors (Lipinski definition) is 5. The van der Waals surface area contributed by atoms with Gasteiger partial charge in [-0.2, -0.15) is 0 Å². The highest BCUT2D eigenvalue weighted by Gasteiger charge is 2.33. The molecule has 0 atom stereocenters. The van der Waals surface area contributed by atoms with Gasteiger partial charge in [-0.3, -0.25) is 4.98 Å². The van der Waals surface area contributed by atoms with Gasteiger partial charge >= 0.3 is 0 Å². The first-order valence-electron chi connectivity index (χ1n) is 13.9. The average molecular weight is 531 g/mol. The van der Waals surface area contributed by atoms with Gasteiger partial charge in [-0.25, -0.2) is 0 Å². The number of nitrogens with zero attached hydrogens (tertiary/aromatic N) is 2. The van der Waals surface area contributed by atoms with Crippen LogP contribution in [0.25, 0.3) is 5.57 Å². The Morgan fingerprint density at radius 3 is 2.63 bits per heavy atom. The van der Waals surface area contributed by atoms with E-state index in [2.05, 4.69) is 28.1 Å². The van der Waals surface area contributed by atoms with Crippen LogP contribution in [-0.2, 0) is 12.2 Å². The minimum absolute atomic E-state index is 0.312. The zero-order valence-electron chi connectivity index (χ0n) is 21.7. The maximum Gasteiger partial charge on any atom is 0.131 e. The largest absolute Gasteiger partial charge is 0.490 e. The van der Waals surface area contributed by atoms with Crippen molar-refractivity contribution in [2.45, 2.75) is 63.3 Å². The summed E-state index contributed by atoms with van der Waals surface area (Å²) in [5.74, 6) is 1.79. The van der Waals surface area contributed by atoms with E-state index in [1.54, 1.807) is 0 Å². The quantitative estimate of drug-likeness (QED) is 0.382. The molecule has 1 aliphatic carbocycles. The van der Waals surface area contributed by atoms with Crippen molar-refractivity contribution in [3.8, 4) is 11.5 Å². The fraction of sp³-hybridized carbons (Fsp3) is 0.406. The monoisotopic (exact) mass is 530 g/mol. The van der Waals surface area contributed by atoms with Gasteiger partial charge in [-0.05, 0) is 92.5 Å². The molecule has 2 aliphatic heterocycles. The maximum atomic E-state index is 11.2. The molecule has 198 valence electrons. The number of fused-ring (bicyclic) bond motifs is 2. The smallest absolute Gasteiger partial charge is 0.131 e. The molecule has 2 aromatic carbocycles. The fourth-order valence-electron chi connectivity index (χ4n) is 6.01. The summed E-state index contributed by atoms with van der Waals surface area (Å²) in [4.78, 5) is 7.07. The van der Waals surface area contributed by atoms with Gasteiger partial charge in [0, 0.05) is 42.0 Å². The summed E-state index contributed by atoms with van der Waals surface area (Å²) < 4.78 is 12.5. The molecule has 6 rings (SSSR count). The normalized spacial score (nSPS) is 20.4. The highest BCUT2D eigenvalue weighted by molar-refractivity contribution is 6.30. The molecule has 0 bridgehead atoms. The molecule has 1 saturated carbocycles. The summed E-state index contributed by atoms with van der Waals surface area (Å²) in [6.45, 7) is 3.11. The highest BCUT2D eigenvalue weighted by Crippen LogP contribution is 2.39. The lowest BCUT2D eigenvalue weighted by molar-refractivity contribution is -0.0254. The second-order valence-corrected chi connectivity index (χ2v) is 11.2. The number of hydrogen-bond donors (Lipinski definition) is 1. The number of aromatic nitrogens is 1. The third-order valence-electron chi connectivity index (χ3n) is 8.25. The molecule has 2 fully saturated rings. The zero-order valence-corrected chi connectivity index (χ0v) is 22.5. The number of aliphatic hydroxyl groups is 1. The van der Waals surface area contributed by atoms with E-state index in [1.165, 1.54) is 12.8 Å². The van der Waals surface area contributed by atoms with Crippen LogP contribution >= 0.6 is 11.6 Å². The lowest BCUT2D eigenvalue weighted by Crippen LogP contribution is -2.42. The number of pyridine rings is 1. The standard InChI is InChI=1S/C32H35ClN2O3/c33-24-11-9-23(10-12-24)32(36)15-19-35(20-16-32)18-4-8-27-28-7-3-17-34-30(28)22-37-31-14-13-26(21-29(27)31)38-25-5-1-2-6-25/h3,7-14,17,21,25,36H,1-2,4-6,15-16,18-20,22H2. The van der Waals surface area contributed by atoms with E-state index < -0.39 is 5.60 Å². The van der Waals surface area contributed by atoms with Crippen molar-refractivity contribution in [2.24, 2.45) is 0 Å². The Kier molecular flexibility index (Phi) is 7.42. The molecule has 3 aromatic rings. The molecular weight excluding hydrogens is 496 g/mol. The van der Waals surface area contributed by atoms with Crippen molar-refractivity contribution < 1.29 is 14.6 Å². The minimum atomic E-state index is -0.780. The van der Waals surface area contributed by atoms with Gasteiger partial charge in [0.1, 0.15) is 18.1 Å². The predicted molar refractivity (Wildman–Crippen MR) is 151 cm³/mol. The van der Waals surface area contributed by atoms with Crippen LogP contribution < -0.4 is 9.47 Å². The Balaban J connectivity index is 1.18. The second kappa shape index (κ2) is 11.1. The van der Waals surface area contributed by atoms with Gasteiger partial charge in [0.25, 0.3) is 0 Å². The molecule has 6 heteroatoms. The maximum absolute atomic E-state index is 11.2. The van der Waals surface area contributed by atoms with E-state index in [1.807, 2.05) is 48.7 Å². The molecule has 0 unspecified atom stereocenters. The van der Waals surface area contributed by atoms with E-state index in [4.69, 9.17) is 21.1 Å². The molecule has 3 heterocycles. The van der Waals surface area contributed by atoms with Crippen molar-refractivity contribution in [3.63, 3.8) is 0 Å². The first kappa shape index (κ1) is 25.4. The van der Waals surface area contributed by atoms with Gasteiger partial charge in [0.15, 0.2) is 0 Å². The first-order valence-corrected chi connectivity index (χ1v) is 14.2. The van der Waals surface area contributed by atoms with Crippen LogP contribution in [0.1, 0.15) is 67.3 Å². The summed E-state index contributed by atoms with van der Waals surface area (Å²) in [6.07, 6.45) is 11.6. The first-order chi connectivity index (χ1) is 18.6. The summed E-state index contributed by atoms with van der Waals surface area (Å²) >= 11 is 6.05. The Morgan fingerprint density at radius 1 is 1.05 bits per heavy atom. The van der Waals surface area contributed by atoms with Crippen molar-refractivity contribution in [2.75, 3.05) is 19.6 Å². The molecule has 1 N–H and O–H groups in total. The van der Waals surface area contributed by atoms with E-state index in [0.29, 0.717) is 17.7 Å². The van der Waals surface area contributed by atoms with Gasteiger partial charge in [-0.15, -0.1) is 0 Å². The second-order valence-electron chi connectivity index (χ2n) is 10.8. The summed E-state index contributed by atoms with van der Waals surface area (Å²) in [7, 11) is 0. The highest BCUT2D eigenvalue weighted by atomic mass is 35.5. The Morgan fingerprint density at radius 2 is 1.84 bits per heavy atom. The molecule has 38 heavy (non-hydrogen) atoms. The van der Waals surface area contributed by atoms with Crippen LogP contribution in [0.4, 0.5) is 0 Å². The molecule has 5 nitrogen and oxygen atoms in total. The van der Waals surface area contributed by atoms with Crippen LogP contribution in [0.5, 0.6) is 11.5 Å². The van der Waals surface area contributed by atoms with Crippen molar-refractivity contribution >= 4 is 17.2 Å². The number of benzene rings is 2. The Bertz CT molecular complexity index is 1290. The van der Waals surface area contributed by atoms with Crippen LogP contribution in [-0.4, -0.2) is 40.7 Å². The number of halogens is 1. The molecule has 1 aromatic heterocycles. The summed E-state index contributed by atoms with van der Waals surface area (Å²) in [5, 5.41) is 11.9. The van der Waals surface area contributed by atoms with Gasteiger partial charge < -0.3 is 19.5 Å². The molecule has 0 radical (unpaired) electrons. The Labute approximate surface area is 230 Å². The van der Waals surface area contributed by atoms with Crippen LogP contribution in [0, 0.1) is 0 Å². The van der Waals surface area contributed by atoms with Crippen LogP contribution in [0.15, 0.2) is 66.9 Å². The molecule has 0 amide bonds. The number of rotatable bonds is 6. The number of piperidine rings is 1. The third-order valence-corrected chi connectivity index (χ3v) is 8.50. The predicted octanol–water partition coefficient (Wildman–Crippen LogP) is 6.75. The molecule has 0 spiro atoms. The average Bonchev–Trinajstić information content (AvgIpc) is 3.40. The van der Waals surface area contributed by atoms with Crippen molar-refractivity contribution in [1.82, 2.24) is 9.88 Å². The van der Waals surface area contributed by atoms with E-state index in [9.17, 15) is 5.11 Å². The fourth-order valence-corrected chi connectivity index (χ4v) is 6.14. The lowest BCUT2D eigenvalue weighted by atomic mass is 9.84. The zero-order chi connectivity index (χ0) is 26.0. The molecule has 3 aliphatic rings. The molecular formula is C32H35ClN2O3. The number of ether oxygens (including phenoxy) is 2. The van der Waals surface area contributed by atoms with Gasteiger partial charge in [0.05, 0.1) is 17.4 Å². The van der Waals surface area contributed by atoms with Crippen LogP contribution in [0.2, 0.25) is 5.02 Å². The van der Waals surface area contributed by atoms with E-state index in [-0.39, 0.29) is 0 Å². The number of likely N-dealkylation sites (tertiary alicyclic amines) is 1. The van der Waals surface area contributed by atoms with Crippen molar-refractivity contribution in [3.05, 3.63) is 94.3 Å². The molecule has 1 saturated heterocycles. The summed E-state index contributed by atoms with van der Waals surface area (Å²) in [6, 6.07) is 18.0. The third kappa shape index (κ3) is 5.47.